The number of nitrogens with one attached hydrogen (secondary N) is 1. The molecule has 5 aliphatic heterocycles. The largest absolute Gasteiger partial charge is 0.481 e. The van der Waals surface area contributed by atoms with Crippen molar-refractivity contribution in [2.45, 2.75) is 70.5 Å². The predicted molar refractivity (Wildman–Crippen MR) is 199 cm³/mol. The number of likely N-dealkylation sites (tertiary alicyclic amines) is 2. The standard InChI is InChI=1S/C40H47F3N8O3/c1-24-3-6-31-30(16-44-47-31)32(24)33-28(26-4-5-26)15-29-34(35(33)54-23-40(41,42)43)45-37(49-17-27(18-49)51-21-39(22-51)9-13-53-14-10-39)46-36(29)48-11-7-38(8-12-48)19-50(20-38)25(2)52/h3,6,15-16,26-27H,4-5,7-14,17-23H2,1-2H3,(H,44,47). The van der Waals surface area contributed by atoms with Crippen LogP contribution in [0, 0.1) is 17.8 Å². The molecule has 54 heavy (non-hydrogen) atoms. The number of nitrogens with zero attached hydrogens (tertiary/aromatic N) is 7. The third-order valence-electron chi connectivity index (χ3n) is 13.3. The number of hydrogen-bond donors (Lipinski definition) is 1. The number of amides is 1. The molecule has 286 valence electrons. The smallest absolute Gasteiger partial charge is 0.422 e. The van der Waals surface area contributed by atoms with Crippen molar-refractivity contribution in [3.05, 3.63) is 35.5 Å². The van der Waals surface area contributed by atoms with Gasteiger partial charge in [-0.1, -0.05) is 6.07 Å². The first-order chi connectivity index (χ1) is 26.0. The van der Waals surface area contributed by atoms with Gasteiger partial charge in [0, 0.05) is 106 Å². The normalized spacial score (nSPS) is 22.9. The molecule has 7 heterocycles. The zero-order valence-electron chi connectivity index (χ0n) is 31.0. The summed E-state index contributed by atoms with van der Waals surface area (Å²) in [6.07, 6.45) is 3.15. The van der Waals surface area contributed by atoms with Crippen LogP contribution in [0.2, 0.25) is 0 Å². The number of aromatic amines is 1. The fourth-order valence-electron chi connectivity index (χ4n) is 9.88. The van der Waals surface area contributed by atoms with Crippen LogP contribution in [0.25, 0.3) is 32.9 Å². The summed E-state index contributed by atoms with van der Waals surface area (Å²) in [7, 11) is 0. The molecule has 0 radical (unpaired) electrons. The Morgan fingerprint density at radius 3 is 2.37 bits per heavy atom. The van der Waals surface area contributed by atoms with Gasteiger partial charge in [-0.25, -0.2) is 4.98 Å². The molecule has 1 saturated carbocycles. The van der Waals surface area contributed by atoms with Gasteiger partial charge in [0.1, 0.15) is 11.3 Å². The number of anilines is 2. The van der Waals surface area contributed by atoms with Crippen LogP contribution in [-0.2, 0) is 9.53 Å². The van der Waals surface area contributed by atoms with Crippen LogP contribution < -0.4 is 14.5 Å². The number of ether oxygens (including phenoxy) is 2. The molecule has 0 bridgehead atoms. The number of aromatic nitrogens is 4. The Bertz CT molecular complexity index is 2110. The fraction of sp³-hybridized carbons (Fsp3) is 0.600. The maximum atomic E-state index is 14.1. The highest BCUT2D eigenvalue weighted by atomic mass is 19.4. The molecule has 4 aromatic rings. The number of carbonyl (C=O) groups is 1. The van der Waals surface area contributed by atoms with E-state index in [9.17, 15) is 18.0 Å². The fourth-order valence-corrected chi connectivity index (χ4v) is 9.88. The Hall–Kier alpha value is -4.17. The van der Waals surface area contributed by atoms with Crippen LogP contribution in [-0.4, -0.2) is 120 Å². The molecule has 1 amide bonds. The second-order valence-electron chi connectivity index (χ2n) is 17.1. The lowest BCUT2D eigenvalue weighted by Gasteiger charge is -2.58. The van der Waals surface area contributed by atoms with E-state index in [0.29, 0.717) is 28.5 Å². The highest BCUT2D eigenvalue weighted by Gasteiger charge is 2.50. The summed E-state index contributed by atoms with van der Waals surface area (Å²) in [6.45, 7) is 10.6. The number of fused-ring (bicyclic) bond motifs is 2. The molecule has 2 aromatic carbocycles. The topological polar surface area (TPSA) is 103 Å². The second kappa shape index (κ2) is 12.4. The number of rotatable bonds is 7. The number of benzene rings is 2. The molecule has 2 spiro atoms. The van der Waals surface area contributed by atoms with Gasteiger partial charge in [0.05, 0.1) is 11.7 Å². The quantitative estimate of drug-likeness (QED) is 0.243. The Morgan fingerprint density at radius 1 is 0.963 bits per heavy atom. The summed E-state index contributed by atoms with van der Waals surface area (Å²) in [5, 5.41) is 8.93. The molecule has 1 N–H and O–H groups in total. The molecule has 5 saturated heterocycles. The van der Waals surface area contributed by atoms with Crippen LogP contribution in [0.4, 0.5) is 24.9 Å². The van der Waals surface area contributed by atoms with E-state index in [2.05, 4.69) is 31.0 Å². The minimum atomic E-state index is -4.55. The third-order valence-corrected chi connectivity index (χ3v) is 13.3. The van der Waals surface area contributed by atoms with Gasteiger partial charge in [0.2, 0.25) is 11.9 Å². The third kappa shape index (κ3) is 5.86. The van der Waals surface area contributed by atoms with E-state index in [-0.39, 0.29) is 23.0 Å². The highest BCUT2D eigenvalue weighted by Crippen LogP contribution is 2.54. The number of alkyl halides is 3. The molecule has 0 unspecified atom stereocenters. The Kier molecular flexibility index (Phi) is 7.90. The monoisotopic (exact) mass is 744 g/mol. The van der Waals surface area contributed by atoms with Gasteiger partial charge in [-0.3, -0.25) is 14.8 Å². The van der Waals surface area contributed by atoms with Gasteiger partial charge in [-0.15, -0.1) is 0 Å². The van der Waals surface area contributed by atoms with Crippen molar-refractivity contribution < 1.29 is 27.4 Å². The number of carbonyl (C=O) groups excluding carboxylic acids is 1. The van der Waals surface area contributed by atoms with Gasteiger partial charge in [-0.2, -0.15) is 23.3 Å². The Labute approximate surface area is 312 Å². The average molecular weight is 745 g/mol. The molecule has 2 aromatic heterocycles. The van der Waals surface area contributed by atoms with E-state index in [4.69, 9.17) is 19.4 Å². The Balaban J connectivity index is 1.08. The molecule has 11 nitrogen and oxygen atoms in total. The van der Waals surface area contributed by atoms with E-state index >= 15 is 0 Å². The molecule has 14 heteroatoms. The van der Waals surface area contributed by atoms with Gasteiger partial charge >= 0.3 is 6.18 Å². The van der Waals surface area contributed by atoms with E-state index < -0.39 is 12.8 Å². The van der Waals surface area contributed by atoms with E-state index in [1.165, 1.54) is 0 Å². The zero-order valence-corrected chi connectivity index (χ0v) is 31.0. The molecular formula is C40H47F3N8O3. The van der Waals surface area contributed by atoms with Crippen LogP contribution >= 0.6 is 0 Å². The lowest BCUT2D eigenvalue weighted by molar-refractivity contribution is -0.153. The summed E-state index contributed by atoms with van der Waals surface area (Å²) < 4.78 is 54.0. The van der Waals surface area contributed by atoms with Crippen molar-refractivity contribution in [2.24, 2.45) is 10.8 Å². The van der Waals surface area contributed by atoms with Gasteiger partial charge in [-0.05, 0) is 80.2 Å². The highest BCUT2D eigenvalue weighted by molar-refractivity contribution is 6.06. The van der Waals surface area contributed by atoms with Crippen molar-refractivity contribution >= 4 is 39.5 Å². The summed E-state index contributed by atoms with van der Waals surface area (Å²) >= 11 is 0. The minimum Gasteiger partial charge on any atom is -0.481 e. The lowest BCUT2D eigenvalue weighted by atomic mass is 9.72. The number of halogens is 3. The van der Waals surface area contributed by atoms with Gasteiger partial charge < -0.3 is 24.2 Å². The van der Waals surface area contributed by atoms with Crippen LogP contribution in [0.1, 0.15) is 62.5 Å². The number of H-pyrrole nitrogens is 1. The molecule has 6 fully saturated rings. The van der Waals surface area contributed by atoms with Crippen LogP contribution in [0.3, 0.4) is 0 Å². The maximum absolute atomic E-state index is 14.1. The maximum Gasteiger partial charge on any atom is 0.422 e. The van der Waals surface area contributed by atoms with Crippen molar-refractivity contribution in [3.63, 3.8) is 0 Å². The first kappa shape index (κ1) is 34.3. The lowest BCUT2D eigenvalue weighted by Crippen LogP contribution is -2.69. The van der Waals surface area contributed by atoms with Crippen LogP contribution in [0.5, 0.6) is 5.75 Å². The van der Waals surface area contributed by atoms with Crippen molar-refractivity contribution in [2.75, 3.05) is 82.0 Å². The van der Waals surface area contributed by atoms with Crippen molar-refractivity contribution in [1.82, 2.24) is 30.0 Å². The van der Waals surface area contributed by atoms with E-state index in [1.54, 1.807) is 13.1 Å². The first-order valence-electron chi connectivity index (χ1n) is 19.6. The van der Waals surface area contributed by atoms with Crippen LogP contribution in [0.15, 0.2) is 24.4 Å². The van der Waals surface area contributed by atoms with Gasteiger partial charge in [0.15, 0.2) is 12.4 Å². The summed E-state index contributed by atoms with van der Waals surface area (Å²) in [5.41, 5.74) is 5.11. The van der Waals surface area contributed by atoms with Gasteiger partial charge in [0.25, 0.3) is 0 Å². The van der Waals surface area contributed by atoms with E-state index in [1.807, 2.05) is 24.0 Å². The SMILES string of the molecule is CC(=O)N1CC2(CCN(c3nc(N4CC(N5CC6(CCOCC6)C5)C4)nc4c(OCC(F)(F)F)c(-c5c(C)ccc6[nH]ncc56)c(C5CC5)cc34)CC2)C1. The number of hydrogen-bond acceptors (Lipinski definition) is 9. The molecule has 0 atom stereocenters. The molecule has 10 rings (SSSR count). The Morgan fingerprint density at radius 2 is 1.69 bits per heavy atom. The second-order valence-corrected chi connectivity index (χ2v) is 17.1. The minimum absolute atomic E-state index is 0.103. The number of aryl methyl sites for hydroxylation is 1. The molecule has 6 aliphatic rings. The number of piperidine rings is 1. The van der Waals surface area contributed by atoms with E-state index in [0.717, 1.165) is 143 Å². The summed E-state index contributed by atoms with van der Waals surface area (Å²) in [6, 6.07) is 6.47. The molecular weight excluding hydrogens is 697 g/mol. The van der Waals surface area contributed by atoms with Crippen molar-refractivity contribution in [3.8, 4) is 16.9 Å². The van der Waals surface area contributed by atoms with Crippen molar-refractivity contribution in [1.29, 1.82) is 0 Å². The zero-order chi connectivity index (χ0) is 37.0. The summed E-state index contributed by atoms with van der Waals surface area (Å²) in [5.74, 6) is 1.75. The summed E-state index contributed by atoms with van der Waals surface area (Å²) in [4.78, 5) is 31.4. The predicted octanol–water partition coefficient (Wildman–Crippen LogP) is 6.05. The average Bonchev–Trinajstić information content (AvgIpc) is 3.84. The first-order valence-corrected chi connectivity index (χ1v) is 19.6. The molecule has 1 aliphatic carbocycles.